The Bertz CT molecular complexity index is 675. The van der Waals surface area contributed by atoms with Crippen LogP contribution in [0.25, 0.3) is 5.69 Å². The molecular weight excluding hydrogens is 269 g/mol. The molecule has 0 atom stereocenters. The Kier molecular flexibility index (Phi) is 3.28. The Balaban J connectivity index is 2.53. The number of aromatic amines is 1. The molecule has 0 spiro atoms. The van der Waals surface area contributed by atoms with Gasteiger partial charge in [0.1, 0.15) is 0 Å². The summed E-state index contributed by atoms with van der Waals surface area (Å²) in [5.41, 5.74) is -0.616. The van der Waals surface area contributed by atoms with Gasteiger partial charge in [-0.3, -0.25) is 9.89 Å². The lowest BCUT2D eigenvalue weighted by Gasteiger charge is -2.15. The molecule has 0 aliphatic carbocycles. The molecule has 2 aromatic rings. The number of hydrogen-bond donors (Lipinski definition) is 1. The van der Waals surface area contributed by atoms with Crippen LogP contribution in [0.2, 0.25) is 0 Å². The quantitative estimate of drug-likeness (QED) is 0.855. The van der Waals surface area contributed by atoms with Crippen LogP contribution in [-0.4, -0.2) is 9.78 Å². The van der Waals surface area contributed by atoms with Crippen LogP contribution in [0.3, 0.4) is 0 Å². The fourth-order valence-corrected chi connectivity index (χ4v) is 1.79. The van der Waals surface area contributed by atoms with Crippen molar-refractivity contribution < 1.29 is 13.2 Å². The number of hydrogen-bond acceptors (Lipinski definition) is 1. The summed E-state index contributed by atoms with van der Waals surface area (Å²) >= 11 is 0. The smallest absolute Gasteiger partial charge is 0.294 e. The Hall–Kier alpha value is -1.98. The molecule has 1 heterocycles. The van der Waals surface area contributed by atoms with Gasteiger partial charge in [0.05, 0.1) is 11.3 Å². The molecular formula is C14H15F3N2O. The summed E-state index contributed by atoms with van der Waals surface area (Å²) in [5, 5.41) is 2.85. The maximum atomic E-state index is 12.7. The second-order valence-electron chi connectivity index (χ2n) is 5.64. The molecule has 20 heavy (non-hydrogen) atoms. The predicted octanol–water partition coefficient (Wildman–Crippen LogP) is 3.48. The third kappa shape index (κ3) is 2.79. The van der Waals surface area contributed by atoms with Crippen LogP contribution in [0.4, 0.5) is 13.2 Å². The Morgan fingerprint density at radius 2 is 1.75 bits per heavy atom. The molecule has 0 saturated heterocycles. The van der Waals surface area contributed by atoms with E-state index in [9.17, 15) is 18.0 Å². The number of H-pyrrole nitrogens is 1. The van der Waals surface area contributed by atoms with Gasteiger partial charge in [-0.25, -0.2) is 4.68 Å². The average Bonchev–Trinajstić information content (AvgIpc) is 2.70. The van der Waals surface area contributed by atoms with Gasteiger partial charge in [0.25, 0.3) is 5.56 Å². The lowest BCUT2D eigenvalue weighted by molar-refractivity contribution is -0.137. The topological polar surface area (TPSA) is 37.8 Å². The van der Waals surface area contributed by atoms with Crippen molar-refractivity contribution in [2.24, 2.45) is 0 Å². The molecule has 0 amide bonds. The number of aromatic nitrogens is 2. The Morgan fingerprint density at radius 3 is 2.25 bits per heavy atom. The molecule has 0 bridgehead atoms. The summed E-state index contributed by atoms with van der Waals surface area (Å²) in [7, 11) is 0. The first-order chi connectivity index (χ1) is 9.09. The third-order valence-electron chi connectivity index (χ3n) is 2.96. The molecule has 6 heteroatoms. The number of halogens is 3. The number of rotatable bonds is 1. The summed E-state index contributed by atoms with van der Waals surface area (Å²) in [6.07, 6.45) is -4.43. The first kappa shape index (κ1) is 14.4. The Morgan fingerprint density at radius 1 is 1.10 bits per heavy atom. The monoisotopic (exact) mass is 284 g/mol. The van der Waals surface area contributed by atoms with Gasteiger partial charge in [0.2, 0.25) is 0 Å². The van der Waals surface area contributed by atoms with Crippen molar-refractivity contribution in [1.29, 1.82) is 0 Å². The van der Waals surface area contributed by atoms with E-state index >= 15 is 0 Å². The van der Waals surface area contributed by atoms with E-state index in [1.807, 2.05) is 20.8 Å². The van der Waals surface area contributed by atoms with Crippen LogP contribution in [0, 0.1) is 0 Å². The van der Waals surface area contributed by atoms with Crippen molar-refractivity contribution in [2.45, 2.75) is 32.4 Å². The highest BCUT2D eigenvalue weighted by atomic mass is 19.4. The summed E-state index contributed by atoms with van der Waals surface area (Å²) in [5.74, 6) is 0. The van der Waals surface area contributed by atoms with Gasteiger partial charge < -0.3 is 0 Å². The minimum Gasteiger partial charge on any atom is -0.294 e. The SMILES string of the molecule is CC(C)(C)c1cc(=O)n(-c2cccc(C(F)(F)F)c2)[nH]1. The zero-order chi connectivity index (χ0) is 15.1. The number of nitrogens with one attached hydrogen (secondary N) is 1. The molecule has 0 unspecified atom stereocenters. The lowest BCUT2D eigenvalue weighted by Crippen LogP contribution is -2.15. The molecule has 0 fully saturated rings. The normalized spacial score (nSPS) is 12.7. The van der Waals surface area contributed by atoms with Crippen molar-refractivity contribution in [1.82, 2.24) is 9.78 Å². The molecule has 1 aromatic heterocycles. The van der Waals surface area contributed by atoms with Gasteiger partial charge in [0, 0.05) is 17.2 Å². The fourth-order valence-electron chi connectivity index (χ4n) is 1.79. The summed E-state index contributed by atoms with van der Waals surface area (Å²) in [6, 6.07) is 6.06. The Labute approximate surface area is 114 Å². The highest BCUT2D eigenvalue weighted by Gasteiger charge is 2.30. The van der Waals surface area contributed by atoms with E-state index in [1.54, 1.807) is 0 Å². The molecule has 1 aromatic carbocycles. The average molecular weight is 284 g/mol. The van der Waals surface area contributed by atoms with Crippen molar-refractivity contribution in [3.63, 3.8) is 0 Å². The van der Waals surface area contributed by atoms with E-state index in [0.29, 0.717) is 5.69 Å². The number of benzene rings is 1. The van der Waals surface area contributed by atoms with E-state index in [1.165, 1.54) is 18.2 Å². The lowest BCUT2D eigenvalue weighted by atomic mass is 9.93. The van der Waals surface area contributed by atoms with Crippen LogP contribution in [0.5, 0.6) is 0 Å². The van der Waals surface area contributed by atoms with Crippen molar-refractivity contribution in [3.05, 3.63) is 51.9 Å². The van der Waals surface area contributed by atoms with Crippen LogP contribution in [0.1, 0.15) is 32.0 Å². The molecule has 108 valence electrons. The van der Waals surface area contributed by atoms with Crippen LogP contribution >= 0.6 is 0 Å². The third-order valence-corrected chi connectivity index (χ3v) is 2.96. The largest absolute Gasteiger partial charge is 0.416 e. The maximum absolute atomic E-state index is 12.7. The zero-order valence-electron chi connectivity index (χ0n) is 11.4. The van der Waals surface area contributed by atoms with E-state index < -0.39 is 11.7 Å². The molecule has 0 saturated carbocycles. The van der Waals surface area contributed by atoms with Crippen LogP contribution in [0.15, 0.2) is 35.1 Å². The highest BCUT2D eigenvalue weighted by Crippen LogP contribution is 2.30. The zero-order valence-corrected chi connectivity index (χ0v) is 11.4. The van der Waals surface area contributed by atoms with Crippen LogP contribution < -0.4 is 5.56 Å². The van der Waals surface area contributed by atoms with Crippen molar-refractivity contribution in [2.75, 3.05) is 0 Å². The molecule has 1 N–H and O–H groups in total. The molecule has 0 aliphatic heterocycles. The molecule has 2 rings (SSSR count). The van der Waals surface area contributed by atoms with Gasteiger partial charge >= 0.3 is 6.18 Å². The summed E-state index contributed by atoms with van der Waals surface area (Å²) in [6.45, 7) is 5.73. The van der Waals surface area contributed by atoms with E-state index in [-0.39, 0.29) is 16.7 Å². The second-order valence-corrected chi connectivity index (χ2v) is 5.64. The van der Waals surface area contributed by atoms with Crippen molar-refractivity contribution in [3.8, 4) is 5.69 Å². The van der Waals surface area contributed by atoms with E-state index in [0.717, 1.165) is 16.8 Å². The second kappa shape index (κ2) is 4.54. The highest BCUT2D eigenvalue weighted by molar-refractivity contribution is 5.37. The predicted molar refractivity (Wildman–Crippen MR) is 70.1 cm³/mol. The van der Waals surface area contributed by atoms with E-state index in [2.05, 4.69) is 5.10 Å². The standard InChI is InChI=1S/C14H15F3N2O/c1-13(2,3)11-8-12(20)19(18-11)10-6-4-5-9(7-10)14(15,16)17/h4-8,18H,1-3H3. The number of nitrogens with zero attached hydrogens (tertiary/aromatic N) is 1. The fraction of sp³-hybridized carbons (Fsp3) is 0.357. The van der Waals surface area contributed by atoms with Crippen molar-refractivity contribution >= 4 is 0 Å². The summed E-state index contributed by atoms with van der Waals surface area (Å²) in [4.78, 5) is 11.9. The molecule has 0 radical (unpaired) electrons. The van der Waals surface area contributed by atoms with E-state index in [4.69, 9.17) is 0 Å². The van der Waals surface area contributed by atoms with Gasteiger partial charge in [0.15, 0.2) is 0 Å². The maximum Gasteiger partial charge on any atom is 0.416 e. The summed E-state index contributed by atoms with van der Waals surface area (Å²) < 4.78 is 39.2. The van der Waals surface area contributed by atoms with Gasteiger partial charge in [-0.1, -0.05) is 26.8 Å². The van der Waals surface area contributed by atoms with Crippen LogP contribution in [-0.2, 0) is 11.6 Å². The minimum absolute atomic E-state index is 0.167. The first-order valence-corrected chi connectivity index (χ1v) is 6.09. The minimum atomic E-state index is -4.43. The van der Waals surface area contributed by atoms with Gasteiger partial charge in [-0.05, 0) is 18.2 Å². The van der Waals surface area contributed by atoms with Gasteiger partial charge in [-0.15, -0.1) is 0 Å². The first-order valence-electron chi connectivity index (χ1n) is 6.09. The molecule has 0 aliphatic rings. The molecule has 3 nitrogen and oxygen atoms in total. The van der Waals surface area contributed by atoms with Gasteiger partial charge in [-0.2, -0.15) is 13.2 Å². The number of alkyl halides is 3.